The Morgan fingerprint density at radius 2 is 2.14 bits per heavy atom. The van der Waals surface area contributed by atoms with Crippen LogP contribution in [0.25, 0.3) is 10.9 Å². The summed E-state index contributed by atoms with van der Waals surface area (Å²) in [5.41, 5.74) is 6.61. The molecule has 106 valence electrons. The number of carbonyl (C=O) groups excluding carboxylic acids is 1. The monoisotopic (exact) mass is 304 g/mol. The quantitative estimate of drug-likeness (QED) is 0.694. The molecule has 3 aromatic rings. The van der Waals surface area contributed by atoms with Gasteiger partial charge in [0.1, 0.15) is 11.0 Å². The summed E-state index contributed by atoms with van der Waals surface area (Å²) in [6, 6.07) is 5.94. The average molecular weight is 305 g/mol. The zero-order valence-electron chi connectivity index (χ0n) is 10.7. The van der Waals surface area contributed by atoms with Gasteiger partial charge >= 0.3 is 0 Å². The van der Waals surface area contributed by atoms with E-state index in [9.17, 15) is 9.18 Å². The predicted molar refractivity (Wildman–Crippen MR) is 79.3 cm³/mol. The van der Waals surface area contributed by atoms with E-state index < -0.39 is 11.7 Å². The fourth-order valence-electron chi connectivity index (χ4n) is 2.14. The van der Waals surface area contributed by atoms with Crippen LogP contribution in [0.5, 0.6) is 0 Å². The van der Waals surface area contributed by atoms with Gasteiger partial charge in [-0.2, -0.15) is 0 Å². The highest BCUT2D eigenvalue weighted by molar-refractivity contribution is 6.30. The number of amides is 1. The van der Waals surface area contributed by atoms with Gasteiger partial charge < -0.3 is 16.0 Å². The Hall–Kier alpha value is -2.60. The topological polar surface area (TPSA) is 83.8 Å². The van der Waals surface area contributed by atoms with E-state index in [0.29, 0.717) is 10.8 Å². The van der Waals surface area contributed by atoms with E-state index in [2.05, 4.69) is 15.3 Å². The van der Waals surface area contributed by atoms with Crippen molar-refractivity contribution in [2.75, 3.05) is 5.32 Å². The molecule has 0 aliphatic heterocycles. The molecular formula is C14H10ClFN4O. The van der Waals surface area contributed by atoms with Crippen LogP contribution in [-0.4, -0.2) is 15.9 Å². The van der Waals surface area contributed by atoms with Gasteiger partial charge in [0.05, 0.1) is 34.8 Å². The molecular weight excluding hydrogens is 295 g/mol. The maximum atomic E-state index is 13.7. The number of fused-ring (bicyclic) bond motifs is 1. The number of nitrogens with zero attached hydrogens (tertiary/aromatic N) is 1. The van der Waals surface area contributed by atoms with Crippen LogP contribution in [0.4, 0.5) is 15.8 Å². The van der Waals surface area contributed by atoms with Crippen LogP contribution in [0.3, 0.4) is 0 Å². The third-order valence-electron chi connectivity index (χ3n) is 3.04. The van der Waals surface area contributed by atoms with Crippen molar-refractivity contribution in [1.29, 1.82) is 0 Å². The molecule has 0 bridgehead atoms. The van der Waals surface area contributed by atoms with Gasteiger partial charge in [0.2, 0.25) is 0 Å². The number of pyridine rings is 1. The van der Waals surface area contributed by atoms with Crippen LogP contribution < -0.4 is 11.1 Å². The molecule has 0 radical (unpaired) electrons. The van der Waals surface area contributed by atoms with Crippen molar-refractivity contribution >= 4 is 39.8 Å². The van der Waals surface area contributed by atoms with Crippen LogP contribution in [0.15, 0.2) is 36.7 Å². The number of primary amides is 1. The second-order valence-electron chi connectivity index (χ2n) is 4.42. The van der Waals surface area contributed by atoms with Crippen LogP contribution in [-0.2, 0) is 0 Å². The molecule has 0 atom stereocenters. The molecule has 0 saturated heterocycles. The SMILES string of the molecule is NC(=O)c1c(F)cccc1Nc1cncc2[nH]c(Cl)cc12. The third-order valence-corrected chi connectivity index (χ3v) is 3.25. The average Bonchev–Trinajstić information content (AvgIpc) is 2.80. The van der Waals surface area contributed by atoms with Crippen molar-refractivity contribution in [1.82, 2.24) is 9.97 Å². The number of aromatic amines is 1. The number of aromatic nitrogens is 2. The Morgan fingerprint density at radius 3 is 2.90 bits per heavy atom. The molecule has 0 aliphatic carbocycles. The third kappa shape index (κ3) is 2.41. The Labute approximate surface area is 123 Å². The van der Waals surface area contributed by atoms with Crippen molar-refractivity contribution in [2.45, 2.75) is 0 Å². The lowest BCUT2D eigenvalue weighted by atomic mass is 10.1. The first-order valence-electron chi connectivity index (χ1n) is 6.04. The molecule has 3 rings (SSSR count). The zero-order valence-corrected chi connectivity index (χ0v) is 11.4. The number of rotatable bonds is 3. The molecule has 2 aromatic heterocycles. The highest BCUT2D eigenvalue weighted by Gasteiger charge is 2.15. The van der Waals surface area contributed by atoms with E-state index >= 15 is 0 Å². The number of carbonyl (C=O) groups is 1. The molecule has 0 spiro atoms. The highest BCUT2D eigenvalue weighted by Crippen LogP contribution is 2.29. The van der Waals surface area contributed by atoms with Gasteiger partial charge in [-0.3, -0.25) is 9.78 Å². The van der Waals surface area contributed by atoms with Gasteiger partial charge in [-0.25, -0.2) is 4.39 Å². The summed E-state index contributed by atoms with van der Waals surface area (Å²) in [4.78, 5) is 18.4. The van der Waals surface area contributed by atoms with Crippen LogP contribution in [0, 0.1) is 5.82 Å². The molecule has 4 N–H and O–H groups in total. The molecule has 2 heterocycles. The van der Waals surface area contributed by atoms with Gasteiger partial charge in [-0.05, 0) is 18.2 Å². The lowest BCUT2D eigenvalue weighted by Crippen LogP contribution is -2.15. The van der Waals surface area contributed by atoms with Crippen molar-refractivity contribution in [2.24, 2.45) is 5.73 Å². The Morgan fingerprint density at radius 1 is 1.33 bits per heavy atom. The number of nitrogens with two attached hydrogens (primary N) is 1. The Balaban J connectivity index is 2.11. The largest absolute Gasteiger partial charge is 0.365 e. The summed E-state index contributed by atoms with van der Waals surface area (Å²) in [6.45, 7) is 0. The van der Waals surface area contributed by atoms with Gasteiger partial charge in [-0.15, -0.1) is 0 Å². The molecule has 1 aromatic carbocycles. The van der Waals surface area contributed by atoms with E-state index in [1.807, 2.05) is 0 Å². The summed E-state index contributed by atoms with van der Waals surface area (Å²) >= 11 is 5.92. The highest BCUT2D eigenvalue weighted by atomic mass is 35.5. The van der Waals surface area contributed by atoms with Crippen molar-refractivity contribution in [3.8, 4) is 0 Å². The van der Waals surface area contributed by atoms with E-state index in [0.717, 1.165) is 10.9 Å². The number of benzene rings is 1. The number of H-pyrrole nitrogens is 1. The van der Waals surface area contributed by atoms with Gasteiger partial charge in [0.15, 0.2) is 0 Å². The fourth-order valence-corrected chi connectivity index (χ4v) is 2.35. The smallest absolute Gasteiger partial charge is 0.253 e. The number of nitrogens with one attached hydrogen (secondary N) is 2. The maximum absolute atomic E-state index is 13.7. The van der Waals surface area contributed by atoms with Gasteiger partial charge in [0.25, 0.3) is 5.91 Å². The van der Waals surface area contributed by atoms with E-state index in [1.165, 1.54) is 12.1 Å². The fraction of sp³-hybridized carbons (Fsp3) is 0. The number of halogens is 2. The van der Waals surface area contributed by atoms with Crippen molar-refractivity contribution in [3.63, 3.8) is 0 Å². The van der Waals surface area contributed by atoms with E-state index in [-0.39, 0.29) is 11.3 Å². The summed E-state index contributed by atoms with van der Waals surface area (Å²) in [6.07, 6.45) is 3.18. The van der Waals surface area contributed by atoms with Gasteiger partial charge in [0, 0.05) is 5.39 Å². The summed E-state index contributed by atoms with van der Waals surface area (Å²) in [5, 5.41) is 4.20. The minimum Gasteiger partial charge on any atom is -0.365 e. The van der Waals surface area contributed by atoms with Crippen LogP contribution in [0.2, 0.25) is 5.15 Å². The molecule has 7 heteroatoms. The second kappa shape index (κ2) is 5.06. The second-order valence-corrected chi connectivity index (χ2v) is 4.82. The van der Waals surface area contributed by atoms with Crippen molar-refractivity contribution in [3.05, 3.63) is 53.2 Å². The first-order chi connectivity index (χ1) is 10.1. The number of hydrogen-bond donors (Lipinski definition) is 3. The van der Waals surface area contributed by atoms with Gasteiger partial charge in [-0.1, -0.05) is 17.7 Å². The van der Waals surface area contributed by atoms with Crippen LogP contribution >= 0.6 is 11.6 Å². The molecule has 21 heavy (non-hydrogen) atoms. The first kappa shape index (κ1) is 13.4. The molecule has 0 unspecified atom stereocenters. The summed E-state index contributed by atoms with van der Waals surface area (Å²) in [7, 11) is 0. The van der Waals surface area contributed by atoms with Crippen molar-refractivity contribution < 1.29 is 9.18 Å². The minimum atomic E-state index is -0.845. The number of hydrogen-bond acceptors (Lipinski definition) is 3. The zero-order chi connectivity index (χ0) is 15.0. The molecule has 0 aliphatic rings. The molecule has 0 saturated carbocycles. The van der Waals surface area contributed by atoms with Crippen LogP contribution in [0.1, 0.15) is 10.4 Å². The molecule has 0 fully saturated rings. The van der Waals surface area contributed by atoms with E-state index in [4.69, 9.17) is 17.3 Å². The Kier molecular flexibility index (Phi) is 3.23. The summed E-state index contributed by atoms with van der Waals surface area (Å²) < 4.78 is 13.7. The predicted octanol–water partition coefficient (Wildman–Crippen LogP) is 3.20. The standard InChI is InChI=1S/C14H10ClFN4O/c15-12-4-7-10(5-18-6-11(7)20-12)19-9-3-1-2-8(16)13(9)14(17)21/h1-6,19-20H,(H2,17,21). The Bertz CT molecular complexity index is 846. The minimum absolute atomic E-state index is 0.198. The lowest BCUT2D eigenvalue weighted by Gasteiger charge is -2.11. The molecule has 1 amide bonds. The number of anilines is 2. The lowest BCUT2D eigenvalue weighted by molar-refractivity contribution is 0.0997. The normalized spacial score (nSPS) is 10.8. The molecule has 5 nitrogen and oxygen atoms in total. The summed E-state index contributed by atoms with van der Waals surface area (Å²) in [5.74, 6) is -1.53. The maximum Gasteiger partial charge on any atom is 0.253 e. The van der Waals surface area contributed by atoms with E-state index in [1.54, 1.807) is 24.5 Å². The first-order valence-corrected chi connectivity index (χ1v) is 6.41.